The smallest absolute Gasteiger partial charge is 0.309 e. The number of amides is 2. The van der Waals surface area contributed by atoms with Gasteiger partial charge in [-0.3, -0.25) is 9.59 Å². The Morgan fingerprint density at radius 1 is 1.20 bits per heavy atom. The maximum Gasteiger partial charge on any atom is 0.309 e. The molecule has 2 amide bonds. The van der Waals surface area contributed by atoms with Crippen molar-refractivity contribution in [2.24, 2.45) is 0 Å². The van der Waals surface area contributed by atoms with Crippen LogP contribution in [0, 0.1) is 0 Å². The van der Waals surface area contributed by atoms with Crippen LogP contribution >= 0.6 is 22.7 Å². The van der Waals surface area contributed by atoms with E-state index in [4.69, 9.17) is 0 Å². The van der Waals surface area contributed by atoms with Crippen molar-refractivity contribution in [3.63, 3.8) is 0 Å². The van der Waals surface area contributed by atoms with E-state index in [1.54, 1.807) is 11.4 Å². The molecule has 5 nitrogen and oxygen atoms in total. The highest BCUT2D eigenvalue weighted by Crippen LogP contribution is 2.14. The van der Waals surface area contributed by atoms with Crippen LogP contribution in [0.5, 0.6) is 0 Å². The maximum absolute atomic E-state index is 11.5. The number of carbonyl (C=O) groups excluding carboxylic acids is 2. The van der Waals surface area contributed by atoms with Crippen molar-refractivity contribution in [2.45, 2.75) is 12.6 Å². The van der Waals surface area contributed by atoms with Crippen molar-refractivity contribution in [1.29, 1.82) is 0 Å². The van der Waals surface area contributed by atoms with Gasteiger partial charge in [0.25, 0.3) is 0 Å². The fourth-order valence-electron chi connectivity index (χ4n) is 1.51. The minimum absolute atomic E-state index is 0.0159. The van der Waals surface area contributed by atoms with Gasteiger partial charge in [-0.15, -0.1) is 11.3 Å². The molecule has 1 atom stereocenters. The summed E-state index contributed by atoms with van der Waals surface area (Å²) in [5, 5.41) is 20.3. The van der Waals surface area contributed by atoms with Crippen molar-refractivity contribution in [1.82, 2.24) is 10.6 Å². The molecule has 2 rings (SSSR count). The molecule has 0 aliphatic carbocycles. The van der Waals surface area contributed by atoms with Crippen LogP contribution in [-0.4, -0.2) is 23.5 Å². The lowest BCUT2D eigenvalue weighted by Crippen LogP contribution is -2.41. The molecule has 2 heterocycles. The number of thiophene rings is 2. The Balaban J connectivity index is 1.72. The Hall–Kier alpha value is -1.70. The molecule has 0 saturated heterocycles. The van der Waals surface area contributed by atoms with Crippen LogP contribution in [0.2, 0.25) is 0 Å². The van der Waals surface area contributed by atoms with E-state index in [1.165, 1.54) is 22.7 Å². The third-order valence-electron chi connectivity index (χ3n) is 2.59. The number of hydrogen-bond donors (Lipinski definition) is 3. The van der Waals surface area contributed by atoms with Gasteiger partial charge in [0.1, 0.15) is 0 Å². The molecule has 0 aliphatic heterocycles. The second kappa shape index (κ2) is 7.18. The maximum atomic E-state index is 11.5. The molecular formula is C13H14N2O3S2. The lowest BCUT2D eigenvalue weighted by Gasteiger charge is -2.10. The summed E-state index contributed by atoms with van der Waals surface area (Å²) in [6, 6.07) is 5.53. The van der Waals surface area contributed by atoms with Gasteiger partial charge in [-0.05, 0) is 33.8 Å². The quantitative estimate of drug-likeness (QED) is 0.728. The highest BCUT2D eigenvalue weighted by Gasteiger charge is 2.15. The molecule has 20 heavy (non-hydrogen) atoms. The second-order valence-corrected chi connectivity index (χ2v) is 5.86. The number of aliphatic hydroxyl groups excluding tert-OH is 1. The van der Waals surface area contributed by atoms with Crippen molar-refractivity contribution in [3.8, 4) is 0 Å². The van der Waals surface area contributed by atoms with Gasteiger partial charge in [0.2, 0.25) is 0 Å². The first-order valence-electron chi connectivity index (χ1n) is 5.95. The third-order valence-corrected chi connectivity index (χ3v) is 4.17. The van der Waals surface area contributed by atoms with Gasteiger partial charge in [0.15, 0.2) is 0 Å². The van der Waals surface area contributed by atoms with Gasteiger partial charge in [-0.1, -0.05) is 6.07 Å². The number of rotatable bonds is 5. The fourth-order valence-corrected chi connectivity index (χ4v) is 2.86. The minimum atomic E-state index is -0.796. The third kappa shape index (κ3) is 4.16. The molecule has 0 spiro atoms. The van der Waals surface area contributed by atoms with Gasteiger partial charge in [-0.2, -0.15) is 11.3 Å². The molecule has 2 aromatic rings. The Labute approximate surface area is 124 Å². The lowest BCUT2D eigenvalue weighted by molar-refractivity contribution is -0.139. The van der Waals surface area contributed by atoms with Crippen molar-refractivity contribution >= 4 is 34.5 Å². The molecule has 0 saturated carbocycles. The Morgan fingerprint density at radius 3 is 2.65 bits per heavy atom. The summed E-state index contributed by atoms with van der Waals surface area (Å²) >= 11 is 2.97. The van der Waals surface area contributed by atoms with Gasteiger partial charge in [0.05, 0.1) is 12.6 Å². The standard InChI is InChI=1S/C13H14N2O3S2/c16-11(9-3-5-19-8-9)7-15-13(18)12(17)14-6-10-2-1-4-20-10/h1-5,8,11,16H,6-7H2,(H,14,17)(H,15,18)/t11-/m0/s1. The SMILES string of the molecule is O=C(NCc1cccs1)C(=O)NC[C@H](O)c1ccsc1. The molecule has 3 N–H and O–H groups in total. The summed E-state index contributed by atoms with van der Waals surface area (Å²) in [7, 11) is 0. The molecule has 7 heteroatoms. The number of hydrogen-bond acceptors (Lipinski definition) is 5. The van der Waals surface area contributed by atoms with E-state index < -0.39 is 17.9 Å². The Bertz CT molecular complexity index is 552. The topological polar surface area (TPSA) is 78.4 Å². The van der Waals surface area contributed by atoms with Gasteiger partial charge in [-0.25, -0.2) is 0 Å². The highest BCUT2D eigenvalue weighted by atomic mass is 32.1. The first-order valence-corrected chi connectivity index (χ1v) is 7.77. The first kappa shape index (κ1) is 14.7. The van der Waals surface area contributed by atoms with Crippen LogP contribution in [-0.2, 0) is 16.1 Å². The van der Waals surface area contributed by atoms with E-state index in [0.29, 0.717) is 6.54 Å². The zero-order chi connectivity index (χ0) is 14.4. The van der Waals surface area contributed by atoms with Gasteiger partial charge < -0.3 is 15.7 Å². The van der Waals surface area contributed by atoms with E-state index in [9.17, 15) is 14.7 Å². The summed E-state index contributed by atoms with van der Waals surface area (Å²) in [6.45, 7) is 0.346. The van der Waals surface area contributed by atoms with Crippen LogP contribution in [0.25, 0.3) is 0 Å². The van der Waals surface area contributed by atoms with Gasteiger partial charge in [0, 0.05) is 11.4 Å². The molecule has 0 aliphatic rings. The van der Waals surface area contributed by atoms with Gasteiger partial charge >= 0.3 is 11.8 Å². The van der Waals surface area contributed by atoms with E-state index in [2.05, 4.69) is 10.6 Å². The van der Waals surface area contributed by atoms with E-state index in [-0.39, 0.29) is 6.54 Å². The molecule has 0 unspecified atom stereocenters. The largest absolute Gasteiger partial charge is 0.387 e. The van der Waals surface area contributed by atoms with E-state index >= 15 is 0 Å². The molecule has 0 radical (unpaired) electrons. The van der Waals surface area contributed by atoms with Crippen molar-refractivity contribution in [2.75, 3.05) is 6.54 Å². The number of aliphatic hydroxyl groups is 1. The van der Waals surface area contributed by atoms with Crippen LogP contribution < -0.4 is 10.6 Å². The zero-order valence-electron chi connectivity index (χ0n) is 10.5. The lowest BCUT2D eigenvalue weighted by atomic mass is 10.2. The van der Waals surface area contributed by atoms with Crippen molar-refractivity contribution < 1.29 is 14.7 Å². The normalized spacial score (nSPS) is 11.8. The summed E-state index contributed by atoms with van der Waals surface area (Å²) in [6.07, 6.45) is -0.796. The van der Waals surface area contributed by atoms with E-state index in [0.717, 1.165) is 10.4 Å². The number of nitrogens with one attached hydrogen (secondary N) is 2. The Morgan fingerprint density at radius 2 is 2.00 bits per heavy atom. The van der Waals surface area contributed by atoms with Crippen LogP contribution in [0.3, 0.4) is 0 Å². The molecule has 0 fully saturated rings. The molecule has 2 aromatic heterocycles. The molecule has 0 aromatic carbocycles. The number of carbonyl (C=O) groups is 2. The monoisotopic (exact) mass is 310 g/mol. The summed E-state index contributed by atoms with van der Waals surface area (Å²) in [5.41, 5.74) is 0.731. The second-order valence-electron chi connectivity index (χ2n) is 4.04. The molecular weight excluding hydrogens is 296 g/mol. The van der Waals surface area contributed by atoms with Crippen LogP contribution in [0.15, 0.2) is 34.3 Å². The summed E-state index contributed by atoms with van der Waals surface area (Å²) in [5.74, 6) is -1.44. The Kier molecular flexibility index (Phi) is 5.28. The first-order chi connectivity index (χ1) is 9.66. The van der Waals surface area contributed by atoms with Crippen LogP contribution in [0.1, 0.15) is 16.5 Å². The van der Waals surface area contributed by atoms with Crippen molar-refractivity contribution in [3.05, 3.63) is 44.8 Å². The fraction of sp³-hybridized carbons (Fsp3) is 0.231. The van der Waals surface area contributed by atoms with Crippen LogP contribution in [0.4, 0.5) is 0 Å². The summed E-state index contributed by atoms with van der Waals surface area (Å²) < 4.78 is 0. The minimum Gasteiger partial charge on any atom is -0.387 e. The predicted octanol–water partition coefficient (Wildman–Crippen LogP) is 1.28. The average Bonchev–Trinajstić information content (AvgIpc) is 3.13. The molecule has 106 valence electrons. The predicted molar refractivity (Wildman–Crippen MR) is 78.5 cm³/mol. The molecule has 0 bridgehead atoms. The average molecular weight is 310 g/mol. The highest BCUT2D eigenvalue weighted by molar-refractivity contribution is 7.09. The summed E-state index contributed by atoms with van der Waals surface area (Å²) in [4.78, 5) is 24.1. The van der Waals surface area contributed by atoms with E-state index in [1.807, 2.05) is 22.9 Å². The zero-order valence-corrected chi connectivity index (χ0v) is 12.2.